The number of nitrogens with one attached hydrogen (secondary N) is 1. The number of hydrogen-bond acceptors (Lipinski definition) is 3. The summed E-state index contributed by atoms with van der Waals surface area (Å²) in [6.07, 6.45) is -4.01. The molecule has 0 aliphatic carbocycles. The van der Waals surface area contributed by atoms with Gasteiger partial charge in [-0.05, 0) is 53.4 Å². The fourth-order valence-electron chi connectivity index (χ4n) is 3.90. The Kier molecular flexibility index (Phi) is 6.81. The number of hydrogen-bond donors (Lipinski definition) is 1. The van der Waals surface area contributed by atoms with Gasteiger partial charge in [0.05, 0.1) is 10.5 Å². The lowest BCUT2D eigenvalue weighted by Crippen LogP contribution is -2.37. The summed E-state index contributed by atoms with van der Waals surface area (Å²) in [6.45, 7) is 1.83. The van der Waals surface area contributed by atoms with Crippen molar-refractivity contribution < 1.29 is 21.6 Å². The minimum atomic E-state index is -4.60. The maximum absolute atomic E-state index is 12.9. The van der Waals surface area contributed by atoms with Crippen LogP contribution in [0.1, 0.15) is 17.5 Å². The lowest BCUT2D eigenvalue weighted by atomic mass is 10.0. The van der Waals surface area contributed by atoms with Gasteiger partial charge in [-0.15, -0.1) is 0 Å². The first kappa shape index (κ1) is 23.8. The third-order valence-corrected chi connectivity index (χ3v) is 7.37. The largest absolute Gasteiger partial charge is 0.416 e. The van der Waals surface area contributed by atoms with Crippen LogP contribution in [0.15, 0.2) is 77.7 Å². The minimum absolute atomic E-state index is 0.363. The van der Waals surface area contributed by atoms with Crippen LogP contribution in [-0.4, -0.2) is 32.4 Å². The SMILES string of the molecule is O=S(=O)(NC1CCN(Cc2ccc(-c3ccc(Cl)cc3)cc2)C1)c1cccc(C(F)(F)F)c1. The van der Waals surface area contributed by atoms with Gasteiger partial charge in [-0.1, -0.05) is 54.1 Å². The molecule has 1 aliphatic rings. The zero-order chi connectivity index (χ0) is 23.6. The van der Waals surface area contributed by atoms with E-state index in [4.69, 9.17) is 11.6 Å². The maximum Gasteiger partial charge on any atom is 0.416 e. The number of halogens is 4. The van der Waals surface area contributed by atoms with Crippen molar-refractivity contribution in [1.82, 2.24) is 9.62 Å². The number of nitrogens with zero attached hydrogens (tertiary/aromatic N) is 1. The molecule has 1 aliphatic heterocycles. The summed E-state index contributed by atoms with van der Waals surface area (Å²) in [7, 11) is -4.05. The molecule has 33 heavy (non-hydrogen) atoms. The molecule has 0 bridgehead atoms. The molecule has 1 atom stereocenters. The molecule has 4 nitrogen and oxygen atoms in total. The van der Waals surface area contributed by atoms with Gasteiger partial charge in [-0.3, -0.25) is 4.90 Å². The van der Waals surface area contributed by atoms with E-state index in [1.165, 1.54) is 6.07 Å². The highest BCUT2D eigenvalue weighted by atomic mass is 35.5. The molecule has 1 unspecified atom stereocenters. The van der Waals surface area contributed by atoms with Crippen molar-refractivity contribution in [2.24, 2.45) is 0 Å². The molecule has 1 saturated heterocycles. The minimum Gasteiger partial charge on any atom is -0.297 e. The van der Waals surface area contributed by atoms with Crippen LogP contribution in [0.5, 0.6) is 0 Å². The Morgan fingerprint density at radius 2 is 1.61 bits per heavy atom. The summed E-state index contributed by atoms with van der Waals surface area (Å²) in [6, 6.07) is 19.2. The Morgan fingerprint density at radius 1 is 0.970 bits per heavy atom. The van der Waals surface area contributed by atoms with Gasteiger partial charge in [0.1, 0.15) is 0 Å². The lowest BCUT2D eigenvalue weighted by Gasteiger charge is -2.17. The van der Waals surface area contributed by atoms with Gasteiger partial charge in [-0.2, -0.15) is 13.2 Å². The Morgan fingerprint density at radius 3 is 2.24 bits per heavy atom. The van der Waals surface area contributed by atoms with Crippen LogP contribution in [-0.2, 0) is 22.7 Å². The van der Waals surface area contributed by atoms with Crippen LogP contribution in [0.25, 0.3) is 11.1 Å². The molecule has 0 radical (unpaired) electrons. The zero-order valence-electron chi connectivity index (χ0n) is 17.5. The number of sulfonamides is 1. The van der Waals surface area contributed by atoms with E-state index in [0.29, 0.717) is 37.1 Å². The van der Waals surface area contributed by atoms with E-state index < -0.39 is 21.8 Å². The van der Waals surface area contributed by atoms with Crippen LogP contribution in [0.3, 0.4) is 0 Å². The van der Waals surface area contributed by atoms with E-state index >= 15 is 0 Å². The van der Waals surface area contributed by atoms with Gasteiger partial charge in [0.25, 0.3) is 0 Å². The molecule has 9 heteroatoms. The molecule has 0 aromatic heterocycles. The predicted octanol–water partition coefficient (Wildman–Crippen LogP) is 5.58. The lowest BCUT2D eigenvalue weighted by molar-refractivity contribution is -0.137. The van der Waals surface area contributed by atoms with Crippen molar-refractivity contribution in [3.8, 4) is 11.1 Å². The summed E-state index contributed by atoms with van der Waals surface area (Å²) >= 11 is 5.94. The normalized spacial score (nSPS) is 17.4. The number of likely N-dealkylation sites (tertiary alicyclic amines) is 1. The molecule has 1 heterocycles. The number of benzene rings is 3. The second-order valence-corrected chi connectivity index (χ2v) is 10.2. The van der Waals surface area contributed by atoms with Crippen molar-refractivity contribution in [3.05, 3.63) is 88.9 Å². The third-order valence-electron chi connectivity index (χ3n) is 5.60. The Hall–Kier alpha value is -2.39. The van der Waals surface area contributed by atoms with E-state index in [9.17, 15) is 21.6 Å². The summed E-state index contributed by atoms with van der Waals surface area (Å²) < 4.78 is 66.6. The molecule has 3 aromatic rings. The number of rotatable bonds is 6. The summed E-state index contributed by atoms with van der Waals surface area (Å²) in [4.78, 5) is 1.74. The highest BCUT2D eigenvalue weighted by molar-refractivity contribution is 7.89. The molecule has 3 aromatic carbocycles. The van der Waals surface area contributed by atoms with Gasteiger partial charge < -0.3 is 0 Å². The maximum atomic E-state index is 12.9. The fourth-order valence-corrected chi connectivity index (χ4v) is 5.34. The van der Waals surface area contributed by atoms with Crippen LogP contribution in [0.4, 0.5) is 13.2 Å². The molecule has 1 fully saturated rings. The molecular weight excluding hydrogens is 473 g/mol. The summed E-state index contributed by atoms with van der Waals surface area (Å²) in [5.41, 5.74) is 2.24. The first-order valence-corrected chi connectivity index (χ1v) is 12.2. The quantitative estimate of drug-likeness (QED) is 0.487. The molecule has 0 amide bonds. The highest BCUT2D eigenvalue weighted by Gasteiger charge is 2.33. The Labute approximate surface area is 196 Å². The van der Waals surface area contributed by atoms with Crippen LogP contribution in [0.2, 0.25) is 5.02 Å². The van der Waals surface area contributed by atoms with Crippen LogP contribution >= 0.6 is 11.6 Å². The molecule has 174 valence electrons. The summed E-state index contributed by atoms with van der Waals surface area (Å²) in [5, 5.41) is 0.683. The van der Waals surface area contributed by atoms with E-state index in [2.05, 4.69) is 9.62 Å². The van der Waals surface area contributed by atoms with Gasteiger partial charge >= 0.3 is 6.18 Å². The molecule has 4 rings (SSSR count). The van der Waals surface area contributed by atoms with Gasteiger partial charge in [-0.25, -0.2) is 13.1 Å². The topological polar surface area (TPSA) is 49.4 Å². The van der Waals surface area contributed by atoms with E-state index in [1.807, 2.05) is 48.5 Å². The number of alkyl halides is 3. The monoisotopic (exact) mass is 494 g/mol. The molecule has 0 saturated carbocycles. The predicted molar refractivity (Wildman–Crippen MR) is 122 cm³/mol. The molecular formula is C24H22ClF3N2O2S. The van der Waals surface area contributed by atoms with E-state index in [1.54, 1.807) is 0 Å². The van der Waals surface area contributed by atoms with Gasteiger partial charge in [0.2, 0.25) is 10.0 Å². The van der Waals surface area contributed by atoms with Crippen molar-refractivity contribution in [2.45, 2.75) is 30.1 Å². The molecule has 1 N–H and O–H groups in total. The van der Waals surface area contributed by atoms with Crippen molar-refractivity contribution in [2.75, 3.05) is 13.1 Å². The van der Waals surface area contributed by atoms with E-state index in [0.717, 1.165) is 28.8 Å². The van der Waals surface area contributed by atoms with E-state index in [-0.39, 0.29) is 10.9 Å². The smallest absolute Gasteiger partial charge is 0.297 e. The molecule has 0 spiro atoms. The first-order valence-electron chi connectivity index (χ1n) is 10.4. The van der Waals surface area contributed by atoms with Gasteiger partial charge in [0, 0.05) is 30.7 Å². The summed E-state index contributed by atoms with van der Waals surface area (Å²) in [5.74, 6) is 0. The average molecular weight is 495 g/mol. The second-order valence-electron chi connectivity index (χ2n) is 8.07. The van der Waals surface area contributed by atoms with Crippen LogP contribution < -0.4 is 4.72 Å². The van der Waals surface area contributed by atoms with Crippen molar-refractivity contribution >= 4 is 21.6 Å². The van der Waals surface area contributed by atoms with Crippen molar-refractivity contribution in [3.63, 3.8) is 0 Å². The van der Waals surface area contributed by atoms with Crippen LogP contribution in [0, 0.1) is 0 Å². The van der Waals surface area contributed by atoms with Gasteiger partial charge in [0.15, 0.2) is 0 Å². The average Bonchev–Trinajstić information content (AvgIpc) is 3.20. The highest BCUT2D eigenvalue weighted by Crippen LogP contribution is 2.30. The second kappa shape index (κ2) is 9.46. The Balaban J connectivity index is 1.36. The fraction of sp³-hybridized carbons (Fsp3) is 0.250. The first-order chi connectivity index (χ1) is 15.6. The zero-order valence-corrected chi connectivity index (χ0v) is 19.1. The Bertz CT molecular complexity index is 1210. The van der Waals surface area contributed by atoms with Crippen molar-refractivity contribution in [1.29, 1.82) is 0 Å². The third kappa shape index (κ3) is 5.95. The standard InChI is InChI=1S/C24H22ClF3N2O2S/c25-21-10-8-19(9-11-21)18-6-4-17(5-7-18)15-30-13-12-22(16-30)29-33(31,32)23-3-1-2-20(14-23)24(26,27)28/h1-11,14,22,29H,12-13,15-16H2.